The van der Waals surface area contributed by atoms with Crippen molar-refractivity contribution in [3.05, 3.63) is 35.9 Å². The third-order valence-electron chi connectivity index (χ3n) is 3.02. The van der Waals surface area contributed by atoms with Gasteiger partial charge in [0.25, 0.3) is 5.91 Å². The third kappa shape index (κ3) is 4.91. The van der Waals surface area contributed by atoms with Crippen molar-refractivity contribution in [1.29, 1.82) is 0 Å². The Morgan fingerprint density at radius 2 is 1.62 bits per heavy atom. The first kappa shape index (κ1) is 16.7. The molecule has 1 rings (SSSR count). The fourth-order valence-corrected chi connectivity index (χ4v) is 1.84. The van der Waals surface area contributed by atoms with Crippen molar-refractivity contribution in [3.63, 3.8) is 0 Å². The number of carbonyl (C=O) groups is 3. The predicted molar refractivity (Wildman–Crippen MR) is 75.5 cm³/mol. The number of esters is 2. The Kier molecular flexibility index (Phi) is 6.39. The van der Waals surface area contributed by atoms with Gasteiger partial charge in [-0.2, -0.15) is 0 Å². The molecule has 0 spiro atoms. The Morgan fingerprint density at radius 3 is 2.14 bits per heavy atom. The van der Waals surface area contributed by atoms with Gasteiger partial charge in [0, 0.05) is 5.56 Å². The second-order valence-corrected chi connectivity index (χ2v) is 4.58. The van der Waals surface area contributed by atoms with Gasteiger partial charge in [-0.25, -0.2) is 4.79 Å². The summed E-state index contributed by atoms with van der Waals surface area (Å²) < 4.78 is 9.27. The Bertz CT molecular complexity index is 500. The third-order valence-corrected chi connectivity index (χ3v) is 3.02. The number of methoxy groups -OCH3 is 2. The van der Waals surface area contributed by atoms with Crippen LogP contribution in [-0.2, 0) is 19.1 Å². The minimum absolute atomic E-state index is 0.109. The second kappa shape index (κ2) is 8.04. The molecule has 6 heteroatoms. The molecule has 0 unspecified atom stereocenters. The molecule has 6 nitrogen and oxygen atoms in total. The number of nitrogens with one attached hydrogen (secondary N) is 1. The number of benzene rings is 1. The monoisotopic (exact) mass is 293 g/mol. The smallest absolute Gasteiger partial charge is 0.328 e. The van der Waals surface area contributed by atoms with Crippen LogP contribution in [0, 0.1) is 5.92 Å². The van der Waals surface area contributed by atoms with E-state index in [0.29, 0.717) is 5.56 Å². The van der Waals surface area contributed by atoms with E-state index in [0.717, 1.165) is 0 Å². The molecule has 1 N–H and O–H groups in total. The van der Waals surface area contributed by atoms with Crippen molar-refractivity contribution < 1.29 is 23.9 Å². The maximum absolute atomic E-state index is 12.1. The maximum Gasteiger partial charge on any atom is 0.328 e. The van der Waals surface area contributed by atoms with Gasteiger partial charge in [0.1, 0.15) is 6.04 Å². The minimum atomic E-state index is -0.906. The molecule has 0 aliphatic heterocycles. The Labute approximate surface area is 123 Å². The molecule has 0 aliphatic carbocycles. The van der Waals surface area contributed by atoms with Crippen molar-refractivity contribution >= 4 is 17.8 Å². The van der Waals surface area contributed by atoms with Gasteiger partial charge >= 0.3 is 11.9 Å². The summed E-state index contributed by atoms with van der Waals surface area (Å²) in [6.45, 7) is 1.62. The molecule has 0 aliphatic rings. The van der Waals surface area contributed by atoms with E-state index in [-0.39, 0.29) is 6.42 Å². The quantitative estimate of drug-likeness (QED) is 0.796. The highest BCUT2D eigenvalue weighted by Crippen LogP contribution is 2.10. The molecule has 0 heterocycles. The Morgan fingerprint density at radius 1 is 1.05 bits per heavy atom. The topological polar surface area (TPSA) is 81.7 Å². The number of amides is 1. The first-order chi connectivity index (χ1) is 9.99. The number of carbonyl (C=O) groups excluding carboxylic acids is 3. The van der Waals surface area contributed by atoms with Crippen molar-refractivity contribution in [3.8, 4) is 0 Å². The summed E-state index contributed by atoms with van der Waals surface area (Å²) in [5, 5.41) is 2.57. The molecule has 0 aromatic heterocycles. The van der Waals surface area contributed by atoms with E-state index in [1.807, 2.05) is 0 Å². The lowest BCUT2D eigenvalue weighted by molar-refractivity contribution is -0.147. The zero-order valence-corrected chi connectivity index (χ0v) is 12.3. The zero-order chi connectivity index (χ0) is 15.8. The lowest BCUT2D eigenvalue weighted by atomic mass is 10.0. The summed E-state index contributed by atoms with van der Waals surface area (Å²) in [5.74, 6) is -1.98. The molecule has 1 aromatic rings. The zero-order valence-electron chi connectivity index (χ0n) is 12.3. The van der Waals surface area contributed by atoms with Gasteiger partial charge in [-0.15, -0.1) is 0 Å². The molecule has 1 aromatic carbocycles. The minimum Gasteiger partial charge on any atom is -0.469 e. The van der Waals surface area contributed by atoms with Crippen LogP contribution in [0.1, 0.15) is 23.7 Å². The van der Waals surface area contributed by atoms with Gasteiger partial charge in [-0.1, -0.05) is 25.1 Å². The number of rotatable bonds is 6. The number of hydrogen-bond donors (Lipinski definition) is 1. The van der Waals surface area contributed by atoms with E-state index < -0.39 is 29.8 Å². The first-order valence-corrected chi connectivity index (χ1v) is 6.51. The van der Waals surface area contributed by atoms with Crippen LogP contribution in [0.4, 0.5) is 0 Å². The van der Waals surface area contributed by atoms with E-state index in [2.05, 4.69) is 14.8 Å². The lowest BCUT2D eigenvalue weighted by Gasteiger charge is -2.19. The van der Waals surface area contributed by atoms with Crippen LogP contribution in [0.2, 0.25) is 0 Å². The summed E-state index contributed by atoms with van der Waals surface area (Å²) in [4.78, 5) is 35.2. The highest BCUT2D eigenvalue weighted by Gasteiger charge is 2.27. The van der Waals surface area contributed by atoms with E-state index in [1.165, 1.54) is 14.2 Å². The molecular weight excluding hydrogens is 274 g/mol. The van der Waals surface area contributed by atoms with Crippen LogP contribution in [-0.4, -0.2) is 38.1 Å². The van der Waals surface area contributed by atoms with Gasteiger partial charge in [-0.3, -0.25) is 9.59 Å². The maximum atomic E-state index is 12.1. The van der Waals surface area contributed by atoms with Crippen LogP contribution < -0.4 is 5.32 Å². The molecule has 2 atom stereocenters. The fourth-order valence-electron chi connectivity index (χ4n) is 1.84. The molecule has 1 amide bonds. The van der Waals surface area contributed by atoms with Crippen molar-refractivity contribution in [2.75, 3.05) is 14.2 Å². The van der Waals surface area contributed by atoms with Crippen LogP contribution in [0.3, 0.4) is 0 Å². The van der Waals surface area contributed by atoms with Gasteiger partial charge in [-0.05, 0) is 18.6 Å². The van der Waals surface area contributed by atoms with Crippen molar-refractivity contribution in [1.82, 2.24) is 5.32 Å². The highest BCUT2D eigenvalue weighted by molar-refractivity contribution is 5.96. The summed E-state index contributed by atoms with van der Waals surface area (Å²) in [7, 11) is 2.50. The van der Waals surface area contributed by atoms with E-state index in [4.69, 9.17) is 0 Å². The SMILES string of the molecule is COC(=O)[C@@H](C)C[C@@H](NC(=O)c1ccccc1)C(=O)OC. The fraction of sp³-hybridized carbons (Fsp3) is 0.400. The number of ether oxygens (including phenoxy) is 2. The van der Waals surface area contributed by atoms with Crippen LogP contribution in [0.15, 0.2) is 30.3 Å². The average Bonchev–Trinajstić information content (AvgIpc) is 2.53. The Hall–Kier alpha value is -2.37. The summed E-state index contributed by atoms with van der Waals surface area (Å²) in [6, 6.07) is 7.59. The molecule has 114 valence electrons. The molecule has 0 radical (unpaired) electrons. The highest BCUT2D eigenvalue weighted by atomic mass is 16.5. The van der Waals surface area contributed by atoms with Crippen LogP contribution >= 0.6 is 0 Å². The van der Waals surface area contributed by atoms with E-state index >= 15 is 0 Å². The predicted octanol–water partition coefficient (Wildman–Crippen LogP) is 1.16. The normalized spacial score (nSPS) is 12.9. The summed E-state index contributed by atoms with van der Waals surface area (Å²) >= 11 is 0. The lowest BCUT2D eigenvalue weighted by Crippen LogP contribution is -2.43. The second-order valence-electron chi connectivity index (χ2n) is 4.58. The largest absolute Gasteiger partial charge is 0.469 e. The summed E-state index contributed by atoms with van der Waals surface area (Å²) in [6.07, 6.45) is 0.109. The first-order valence-electron chi connectivity index (χ1n) is 6.51. The van der Waals surface area contributed by atoms with Crippen molar-refractivity contribution in [2.24, 2.45) is 5.92 Å². The van der Waals surface area contributed by atoms with Crippen LogP contribution in [0.5, 0.6) is 0 Å². The van der Waals surface area contributed by atoms with Gasteiger partial charge in [0.05, 0.1) is 20.1 Å². The molecule has 0 fully saturated rings. The van der Waals surface area contributed by atoms with E-state index in [9.17, 15) is 14.4 Å². The molecule has 0 saturated heterocycles. The molecular formula is C15H19NO5. The average molecular weight is 293 g/mol. The van der Waals surface area contributed by atoms with Crippen molar-refractivity contribution in [2.45, 2.75) is 19.4 Å². The summed E-state index contributed by atoms with van der Waals surface area (Å²) in [5.41, 5.74) is 0.428. The Balaban J connectivity index is 2.77. The van der Waals surface area contributed by atoms with E-state index in [1.54, 1.807) is 37.3 Å². The van der Waals surface area contributed by atoms with Gasteiger partial charge in [0.2, 0.25) is 0 Å². The molecule has 21 heavy (non-hydrogen) atoms. The molecule has 0 saturated carbocycles. The van der Waals surface area contributed by atoms with Crippen LogP contribution in [0.25, 0.3) is 0 Å². The molecule has 0 bridgehead atoms. The standard InChI is InChI=1S/C15H19NO5/c1-10(14(18)20-2)9-12(15(19)21-3)16-13(17)11-7-5-4-6-8-11/h4-8,10,12H,9H2,1-3H3,(H,16,17)/t10-,12+/m0/s1. The number of hydrogen-bond acceptors (Lipinski definition) is 5. The van der Waals surface area contributed by atoms with Gasteiger partial charge < -0.3 is 14.8 Å². The van der Waals surface area contributed by atoms with Gasteiger partial charge in [0.15, 0.2) is 0 Å².